The number of hydrogen-bond donors (Lipinski definition) is 2. The van der Waals surface area contributed by atoms with E-state index in [1.807, 2.05) is 37.4 Å². The summed E-state index contributed by atoms with van der Waals surface area (Å²) < 4.78 is 5.27. The molecule has 0 saturated heterocycles. The van der Waals surface area contributed by atoms with Crippen LogP contribution in [0.5, 0.6) is 5.75 Å². The Hall–Kier alpha value is -3.01. The van der Waals surface area contributed by atoms with E-state index >= 15 is 0 Å². The number of rotatable bonds is 3. The maximum atomic E-state index is 11.4. The van der Waals surface area contributed by atoms with Gasteiger partial charge in [-0.15, -0.1) is 0 Å². The second kappa shape index (κ2) is 5.77. The zero-order valence-corrected chi connectivity index (χ0v) is 12.0. The average Bonchev–Trinajstić information content (AvgIpc) is 2.54. The Bertz CT molecular complexity index is 910. The molecule has 3 aromatic rings. The monoisotopic (exact) mass is 293 g/mol. The topological polar surface area (TPSA) is 62.5 Å². The van der Waals surface area contributed by atoms with Crippen LogP contribution >= 0.6 is 0 Å². The molecule has 1 aromatic heterocycles. The van der Waals surface area contributed by atoms with Crippen LogP contribution in [0.1, 0.15) is 11.1 Å². The minimum atomic E-state index is -0.381. The first kappa shape index (κ1) is 13.9. The molecule has 1 heterocycles. The summed E-state index contributed by atoms with van der Waals surface area (Å²) >= 11 is 0. The molecule has 0 aliphatic carbocycles. The summed E-state index contributed by atoms with van der Waals surface area (Å²) in [5, 5.41) is 13.8. The number of para-hydroxylation sites is 1. The Morgan fingerprint density at radius 2 is 1.86 bits per heavy atom. The van der Waals surface area contributed by atoms with E-state index in [0.29, 0.717) is 11.1 Å². The smallest absolute Gasteiger partial charge is 0.336 e. The highest BCUT2D eigenvalue weighted by molar-refractivity contribution is 5.88. The van der Waals surface area contributed by atoms with Crippen LogP contribution in [0.4, 0.5) is 5.69 Å². The first-order valence-corrected chi connectivity index (χ1v) is 6.89. The van der Waals surface area contributed by atoms with Crippen molar-refractivity contribution in [2.24, 2.45) is 0 Å². The van der Waals surface area contributed by atoms with E-state index in [-0.39, 0.29) is 11.4 Å². The molecule has 2 aromatic carbocycles. The molecule has 0 saturated carbocycles. The number of nitrogens with one attached hydrogen (secondary N) is 1. The Labute approximate surface area is 127 Å². The van der Waals surface area contributed by atoms with Crippen molar-refractivity contribution in [3.63, 3.8) is 0 Å². The van der Waals surface area contributed by atoms with E-state index in [2.05, 4.69) is 5.32 Å². The SMILES string of the molecule is CNc1ccc(O)c(/C=C/c2cccc3ccc(=O)oc23)c1. The van der Waals surface area contributed by atoms with Crippen molar-refractivity contribution in [2.75, 3.05) is 12.4 Å². The summed E-state index contributed by atoms with van der Waals surface area (Å²) in [4.78, 5) is 11.4. The summed E-state index contributed by atoms with van der Waals surface area (Å²) in [6.07, 6.45) is 3.61. The molecular weight excluding hydrogens is 278 g/mol. The molecule has 0 unspecified atom stereocenters. The Morgan fingerprint density at radius 3 is 2.68 bits per heavy atom. The zero-order chi connectivity index (χ0) is 15.5. The molecular formula is C18H15NO3. The van der Waals surface area contributed by atoms with Crippen LogP contribution in [0.3, 0.4) is 0 Å². The van der Waals surface area contributed by atoms with Gasteiger partial charge >= 0.3 is 5.63 Å². The molecule has 4 nitrogen and oxygen atoms in total. The summed E-state index contributed by atoms with van der Waals surface area (Å²) in [5.41, 5.74) is 2.53. The minimum Gasteiger partial charge on any atom is -0.507 e. The molecule has 0 bridgehead atoms. The van der Waals surface area contributed by atoms with Gasteiger partial charge in [0.25, 0.3) is 0 Å². The minimum absolute atomic E-state index is 0.192. The molecule has 0 fully saturated rings. The van der Waals surface area contributed by atoms with Gasteiger partial charge in [-0.2, -0.15) is 0 Å². The van der Waals surface area contributed by atoms with Crippen LogP contribution in [-0.4, -0.2) is 12.2 Å². The highest BCUT2D eigenvalue weighted by Crippen LogP contribution is 2.25. The largest absolute Gasteiger partial charge is 0.507 e. The van der Waals surface area contributed by atoms with Gasteiger partial charge in [0.15, 0.2) is 0 Å². The summed E-state index contributed by atoms with van der Waals surface area (Å²) in [6, 6.07) is 14.0. The first-order valence-electron chi connectivity index (χ1n) is 6.89. The predicted molar refractivity (Wildman–Crippen MR) is 89.1 cm³/mol. The fraction of sp³-hybridized carbons (Fsp3) is 0.0556. The standard InChI is InChI=1S/C18H15NO3/c1-19-15-8-9-16(20)14(11-15)6-5-12-3-2-4-13-7-10-17(21)22-18(12)13/h2-11,19-20H,1H3/b6-5+. The van der Waals surface area contributed by atoms with Gasteiger partial charge in [-0.3, -0.25) is 0 Å². The van der Waals surface area contributed by atoms with Gasteiger partial charge in [-0.25, -0.2) is 4.79 Å². The second-order valence-electron chi connectivity index (χ2n) is 4.88. The lowest BCUT2D eigenvalue weighted by molar-refractivity contribution is 0.474. The molecule has 0 radical (unpaired) electrons. The fourth-order valence-electron chi connectivity index (χ4n) is 2.27. The van der Waals surface area contributed by atoms with Crippen LogP contribution < -0.4 is 10.9 Å². The molecule has 0 aliphatic rings. The maximum absolute atomic E-state index is 11.4. The number of aromatic hydroxyl groups is 1. The van der Waals surface area contributed by atoms with Crippen LogP contribution in [0, 0.1) is 0 Å². The van der Waals surface area contributed by atoms with Gasteiger partial charge < -0.3 is 14.8 Å². The molecule has 0 aliphatic heterocycles. The van der Waals surface area contributed by atoms with Gasteiger partial charge in [-0.1, -0.05) is 30.4 Å². The molecule has 0 atom stereocenters. The zero-order valence-electron chi connectivity index (χ0n) is 12.0. The Balaban J connectivity index is 2.06. The fourth-order valence-corrected chi connectivity index (χ4v) is 2.27. The maximum Gasteiger partial charge on any atom is 0.336 e. The Morgan fingerprint density at radius 1 is 1.05 bits per heavy atom. The van der Waals surface area contributed by atoms with E-state index in [0.717, 1.165) is 16.6 Å². The summed E-state index contributed by atoms with van der Waals surface area (Å²) in [7, 11) is 1.82. The highest BCUT2D eigenvalue weighted by atomic mass is 16.4. The predicted octanol–water partition coefficient (Wildman–Crippen LogP) is 3.71. The lowest BCUT2D eigenvalue weighted by Crippen LogP contribution is -1.95. The molecule has 0 spiro atoms. The van der Waals surface area contributed by atoms with E-state index in [1.165, 1.54) is 6.07 Å². The highest BCUT2D eigenvalue weighted by Gasteiger charge is 2.03. The van der Waals surface area contributed by atoms with Crippen molar-refractivity contribution >= 4 is 28.8 Å². The van der Waals surface area contributed by atoms with Crippen molar-refractivity contribution < 1.29 is 9.52 Å². The van der Waals surface area contributed by atoms with Gasteiger partial charge in [0.05, 0.1) is 0 Å². The lowest BCUT2D eigenvalue weighted by atomic mass is 10.1. The molecule has 110 valence electrons. The Kier molecular flexibility index (Phi) is 3.66. The lowest BCUT2D eigenvalue weighted by Gasteiger charge is -2.04. The van der Waals surface area contributed by atoms with Gasteiger partial charge in [-0.05, 0) is 24.3 Å². The van der Waals surface area contributed by atoms with Crippen molar-refractivity contribution in [1.82, 2.24) is 0 Å². The van der Waals surface area contributed by atoms with E-state index in [9.17, 15) is 9.90 Å². The number of fused-ring (bicyclic) bond motifs is 1. The third-order valence-corrected chi connectivity index (χ3v) is 3.44. The molecule has 3 rings (SSSR count). The quantitative estimate of drug-likeness (QED) is 0.439. The summed E-state index contributed by atoms with van der Waals surface area (Å²) in [6.45, 7) is 0. The average molecular weight is 293 g/mol. The van der Waals surface area contributed by atoms with Crippen LogP contribution in [0.25, 0.3) is 23.1 Å². The van der Waals surface area contributed by atoms with Crippen LogP contribution in [0.15, 0.2) is 57.7 Å². The van der Waals surface area contributed by atoms with Crippen molar-refractivity contribution in [1.29, 1.82) is 0 Å². The third-order valence-electron chi connectivity index (χ3n) is 3.44. The number of anilines is 1. The number of benzene rings is 2. The molecule has 4 heteroatoms. The van der Waals surface area contributed by atoms with Crippen molar-refractivity contribution in [3.05, 3.63) is 70.1 Å². The van der Waals surface area contributed by atoms with Crippen LogP contribution in [0.2, 0.25) is 0 Å². The van der Waals surface area contributed by atoms with Crippen molar-refractivity contribution in [3.8, 4) is 5.75 Å². The number of phenolic OH excluding ortho intramolecular Hbond substituents is 1. The third kappa shape index (κ3) is 2.72. The molecule has 0 amide bonds. The molecule has 2 N–H and O–H groups in total. The number of hydrogen-bond acceptors (Lipinski definition) is 4. The van der Waals surface area contributed by atoms with Gasteiger partial charge in [0, 0.05) is 35.3 Å². The second-order valence-corrected chi connectivity index (χ2v) is 4.88. The van der Waals surface area contributed by atoms with Gasteiger partial charge in [0.1, 0.15) is 11.3 Å². The number of phenols is 1. The first-order chi connectivity index (χ1) is 10.7. The summed E-state index contributed by atoms with van der Waals surface area (Å²) in [5.74, 6) is 0.192. The van der Waals surface area contributed by atoms with E-state index in [1.54, 1.807) is 24.3 Å². The normalized spacial score (nSPS) is 11.1. The van der Waals surface area contributed by atoms with Crippen LogP contribution in [-0.2, 0) is 0 Å². The van der Waals surface area contributed by atoms with E-state index in [4.69, 9.17) is 4.42 Å². The molecule has 22 heavy (non-hydrogen) atoms. The van der Waals surface area contributed by atoms with Gasteiger partial charge in [0.2, 0.25) is 0 Å². The van der Waals surface area contributed by atoms with Crippen molar-refractivity contribution in [2.45, 2.75) is 0 Å². The van der Waals surface area contributed by atoms with E-state index < -0.39 is 0 Å².